The zero-order chi connectivity index (χ0) is 13.0. The van der Waals surface area contributed by atoms with E-state index < -0.39 is 0 Å². The maximum absolute atomic E-state index is 12.4. The smallest absolute Gasteiger partial charge is 0.254 e. The number of aryl methyl sites for hydroxylation is 1. The van der Waals surface area contributed by atoms with Crippen molar-refractivity contribution in [1.82, 2.24) is 9.88 Å². The van der Waals surface area contributed by atoms with Crippen LogP contribution in [0.15, 0.2) is 12.1 Å². The van der Waals surface area contributed by atoms with Crippen molar-refractivity contribution < 1.29 is 4.79 Å². The van der Waals surface area contributed by atoms with Crippen LogP contribution in [0.5, 0.6) is 0 Å². The highest BCUT2D eigenvalue weighted by Gasteiger charge is 2.18. The number of hydrogen-bond donors (Lipinski definition) is 1. The van der Waals surface area contributed by atoms with E-state index in [0.29, 0.717) is 11.4 Å². The van der Waals surface area contributed by atoms with Crippen molar-refractivity contribution in [2.75, 3.05) is 18.8 Å². The third kappa shape index (κ3) is 3.00. The molecule has 0 aliphatic carbocycles. The van der Waals surface area contributed by atoms with Gasteiger partial charge in [0.15, 0.2) is 0 Å². The van der Waals surface area contributed by atoms with Gasteiger partial charge in [0.2, 0.25) is 0 Å². The lowest BCUT2D eigenvalue weighted by molar-refractivity contribution is 0.0761. The van der Waals surface area contributed by atoms with Gasteiger partial charge in [-0.25, -0.2) is 4.98 Å². The van der Waals surface area contributed by atoms with Gasteiger partial charge in [-0.1, -0.05) is 19.8 Å². The van der Waals surface area contributed by atoms with Gasteiger partial charge in [0.1, 0.15) is 5.82 Å². The summed E-state index contributed by atoms with van der Waals surface area (Å²) in [4.78, 5) is 18.6. The Kier molecular flexibility index (Phi) is 4.18. The number of carbonyl (C=O) groups excluding carboxylic acids is 1. The molecule has 18 heavy (non-hydrogen) atoms. The van der Waals surface area contributed by atoms with Gasteiger partial charge in [0.25, 0.3) is 5.91 Å². The van der Waals surface area contributed by atoms with E-state index in [9.17, 15) is 4.79 Å². The van der Waals surface area contributed by atoms with Crippen molar-refractivity contribution >= 4 is 11.7 Å². The predicted octanol–water partition coefficient (Wildman–Crippen LogP) is 2.24. The van der Waals surface area contributed by atoms with E-state index in [4.69, 9.17) is 5.73 Å². The van der Waals surface area contributed by atoms with E-state index in [-0.39, 0.29) is 5.91 Å². The molecule has 0 bridgehead atoms. The molecule has 1 aliphatic rings. The van der Waals surface area contributed by atoms with Crippen LogP contribution in [-0.2, 0) is 6.42 Å². The number of aromatic nitrogens is 1. The highest BCUT2D eigenvalue weighted by Crippen LogP contribution is 2.15. The third-order valence-electron chi connectivity index (χ3n) is 3.40. The van der Waals surface area contributed by atoms with Crippen molar-refractivity contribution in [3.8, 4) is 0 Å². The van der Waals surface area contributed by atoms with E-state index in [1.165, 1.54) is 12.8 Å². The second-order valence-electron chi connectivity index (χ2n) is 4.83. The molecule has 1 fully saturated rings. The van der Waals surface area contributed by atoms with Crippen LogP contribution in [0.2, 0.25) is 0 Å². The minimum Gasteiger partial charge on any atom is -0.384 e. The minimum absolute atomic E-state index is 0.0979. The average molecular weight is 247 g/mol. The molecule has 0 radical (unpaired) electrons. The maximum Gasteiger partial charge on any atom is 0.254 e. The van der Waals surface area contributed by atoms with E-state index in [0.717, 1.165) is 38.0 Å². The van der Waals surface area contributed by atoms with E-state index >= 15 is 0 Å². The number of nitrogens with zero attached hydrogens (tertiary/aromatic N) is 2. The van der Waals surface area contributed by atoms with Crippen LogP contribution in [0, 0.1) is 0 Å². The summed E-state index contributed by atoms with van der Waals surface area (Å²) in [7, 11) is 0. The van der Waals surface area contributed by atoms with Crippen LogP contribution in [0.25, 0.3) is 0 Å². The van der Waals surface area contributed by atoms with Crippen molar-refractivity contribution in [3.63, 3.8) is 0 Å². The first-order valence-electron chi connectivity index (χ1n) is 6.76. The van der Waals surface area contributed by atoms with Gasteiger partial charge in [0, 0.05) is 24.3 Å². The zero-order valence-corrected chi connectivity index (χ0v) is 11.0. The molecule has 98 valence electrons. The molecule has 1 amide bonds. The number of likely N-dealkylation sites (tertiary alicyclic amines) is 1. The molecule has 1 aromatic heterocycles. The van der Waals surface area contributed by atoms with E-state index in [1.807, 2.05) is 17.9 Å². The van der Waals surface area contributed by atoms with Gasteiger partial charge in [-0.3, -0.25) is 4.79 Å². The molecule has 1 aliphatic heterocycles. The number of carbonyl (C=O) groups is 1. The van der Waals surface area contributed by atoms with Gasteiger partial charge in [0.05, 0.1) is 0 Å². The first-order valence-corrected chi connectivity index (χ1v) is 6.76. The molecule has 0 atom stereocenters. The summed E-state index contributed by atoms with van der Waals surface area (Å²) >= 11 is 0. The first-order chi connectivity index (χ1) is 8.70. The fourth-order valence-corrected chi connectivity index (χ4v) is 2.37. The molecule has 4 heteroatoms. The zero-order valence-electron chi connectivity index (χ0n) is 11.0. The van der Waals surface area contributed by atoms with Crippen LogP contribution in [0.1, 0.15) is 48.7 Å². The molecule has 0 aromatic carbocycles. The fraction of sp³-hybridized carbons (Fsp3) is 0.571. The predicted molar refractivity (Wildman–Crippen MR) is 72.4 cm³/mol. The molecular formula is C14H21N3O. The number of amides is 1. The second-order valence-corrected chi connectivity index (χ2v) is 4.83. The van der Waals surface area contributed by atoms with E-state index in [1.54, 1.807) is 6.07 Å². The van der Waals surface area contributed by atoms with Crippen LogP contribution < -0.4 is 5.73 Å². The molecular weight excluding hydrogens is 226 g/mol. The Balaban J connectivity index is 2.18. The highest BCUT2D eigenvalue weighted by molar-refractivity contribution is 5.95. The van der Waals surface area contributed by atoms with Gasteiger partial charge in [-0.2, -0.15) is 0 Å². The summed E-state index contributed by atoms with van der Waals surface area (Å²) in [6, 6.07) is 3.55. The Hall–Kier alpha value is -1.58. The molecule has 1 saturated heterocycles. The number of rotatable bonds is 2. The fourth-order valence-electron chi connectivity index (χ4n) is 2.37. The van der Waals surface area contributed by atoms with Crippen LogP contribution in [-0.4, -0.2) is 28.9 Å². The summed E-state index contributed by atoms with van der Waals surface area (Å²) in [5.74, 6) is 0.535. The van der Waals surface area contributed by atoms with Crippen LogP contribution in [0.4, 0.5) is 5.82 Å². The van der Waals surface area contributed by atoms with Crippen LogP contribution in [0.3, 0.4) is 0 Å². The lowest BCUT2D eigenvalue weighted by Crippen LogP contribution is -2.32. The average Bonchev–Trinajstić information content (AvgIpc) is 2.65. The van der Waals surface area contributed by atoms with Gasteiger partial charge >= 0.3 is 0 Å². The van der Waals surface area contributed by atoms with Gasteiger partial charge < -0.3 is 10.6 Å². The number of nitrogens with two attached hydrogens (primary N) is 1. The highest BCUT2D eigenvalue weighted by atomic mass is 16.2. The molecule has 0 spiro atoms. The molecule has 0 saturated carbocycles. The summed E-state index contributed by atoms with van der Waals surface area (Å²) in [6.45, 7) is 3.74. The summed E-state index contributed by atoms with van der Waals surface area (Å²) < 4.78 is 0. The standard InChI is InChI=1S/C14H21N3O/c1-2-12-9-11(10-13(15)16-12)14(18)17-7-5-3-4-6-8-17/h9-10H,2-8H2,1H3,(H2,15,16). The summed E-state index contributed by atoms with van der Waals surface area (Å²) in [5, 5.41) is 0. The summed E-state index contributed by atoms with van der Waals surface area (Å²) in [6.07, 6.45) is 5.45. The first kappa shape index (κ1) is 12.9. The SMILES string of the molecule is CCc1cc(C(=O)N2CCCCCC2)cc(N)n1. The monoisotopic (exact) mass is 247 g/mol. The molecule has 1 aromatic rings. The number of pyridine rings is 1. The Morgan fingerprint density at radius 2 is 1.94 bits per heavy atom. The topological polar surface area (TPSA) is 59.2 Å². The number of nitrogen functional groups attached to an aromatic ring is 1. The third-order valence-corrected chi connectivity index (χ3v) is 3.40. The minimum atomic E-state index is 0.0979. The summed E-state index contributed by atoms with van der Waals surface area (Å²) in [5.41, 5.74) is 7.32. The Labute approximate surface area is 108 Å². The molecule has 2 rings (SSSR count). The molecule has 2 N–H and O–H groups in total. The lowest BCUT2D eigenvalue weighted by Gasteiger charge is -2.20. The Bertz CT molecular complexity index is 423. The quantitative estimate of drug-likeness (QED) is 0.872. The van der Waals surface area contributed by atoms with Crippen molar-refractivity contribution in [3.05, 3.63) is 23.4 Å². The maximum atomic E-state index is 12.4. The Morgan fingerprint density at radius 3 is 2.56 bits per heavy atom. The van der Waals surface area contributed by atoms with Gasteiger partial charge in [-0.15, -0.1) is 0 Å². The number of hydrogen-bond acceptors (Lipinski definition) is 3. The molecule has 4 nitrogen and oxygen atoms in total. The van der Waals surface area contributed by atoms with Crippen molar-refractivity contribution in [2.45, 2.75) is 39.0 Å². The van der Waals surface area contributed by atoms with E-state index in [2.05, 4.69) is 4.98 Å². The molecule has 0 unspecified atom stereocenters. The Morgan fingerprint density at radius 1 is 1.28 bits per heavy atom. The second kappa shape index (κ2) is 5.85. The van der Waals surface area contributed by atoms with Crippen molar-refractivity contribution in [2.24, 2.45) is 0 Å². The van der Waals surface area contributed by atoms with Crippen LogP contribution >= 0.6 is 0 Å². The van der Waals surface area contributed by atoms with Crippen molar-refractivity contribution in [1.29, 1.82) is 0 Å². The van der Waals surface area contributed by atoms with Gasteiger partial charge in [-0.05, 0) is 31.4 Å². The molecule has 2 heterocycles. The largest absolute Gasteiger partial charge is 0.384 e. The normalized spacial score (nSPS) is 16.4. The lowest BCUT2D eigenvalue weighted by atomic mass is 10.1. The number of anilines is 1.